The third-order valence-corrected chi connectivity index (χ3v) is 8.68. The number of hydroxylamine groups is 2. The van der Waals surface area contributed by atoms with E-state index in [4.69, 9.17) is 32.6 Å². The Morgan fingerprint density at radius 2 is 1.96 bits per heavy atom. The van der Waals surface area contributed by atoms with Crippen LogP contribution in [-0.4, -0.2) is 86.6 Å². The molecule has 0 bridgehead atoms. The van der Waals surface area contributed by atoms with E-state index < -0.39 is 57.7 Å². The van der Waals surface area contributed by atoms with Crippen molar-refractivity contribution in [3.05, 3.63) is 46.7 Å². The molecule has 1 fully saturated rings. The lowest BCUT2D eigenvalue weighted by molar-refractivity contribution is -0.753. The Kier molecular flexibility index (Phi) is 10.7. The predicted octanol–water partition coefficient (Wildman–Crippen LogP) is 0.161. The maximum Gasteiger partial charge on any atom is 0.354 e. The summed E-state index contributed by atoms with van der Waals surface area (Å²) < 4.78 is 46.8. The maximum atomic E-state index is 13.4. The van der Waals surface area contributed by atoms with E-state index in [9.17, 15) is 32.5 Å². The van der Waals surface area contributed by atoms with Crippen molar-refractivity contribution >= 4 is 62.0 Å². The highest BCUT2D eigenvalue weighted by Gasteiger charge is 2.57. The van der Waals surface area contributed by atoms with Crippen molar-refractivity contribution in [2.45, 2.75) is 50.9 Å². The summed E-state index contributed by atoms with van der Waals surface area (Å²) >= 11 is 6.99. The summed E-state index contributed by atoms with van der Waals surface area (Å²) in [5, 5.41) is 16.3. The number of nitrogen functional groups attached to an aromatic ring is 1. The number of nitrogens with zero attached hydrogens (tertiary/aromatic N) is 5. The second-order valence-corrected chi connectivity index (χ2v) is 13.9. The van der Waals surface area contributed by atoms with Crippen LogP contribution in [0.4, 0.5) is 5.13 Å². The maximum absolute atomic E-state index is 13.4. The van der Waals surface area contributed by atoms with E-state index in [0.717, 1.165) is 42.4 Å². The monoisotopic (exact) mass is 728 g/mol. The van der Waals surface area contributed by atoms with E-state index >= 15 is 0 Å². The Labute approximate surface area is 283 Å². The van der Waals surface area contributed by atoms with Crippen LogP contribution in [0.5, 0.6) is 5.75 Å². The topological polar surface area (TPSA) is 258 Å². The Morgan fingerprint density at radius 3 is 2.50 bits per heavy atom. The highest BCUT2D eigenvalue weighted by atomic mass is 35.5. The zero-order valence-corrected chi connectivity index (χ0v) is 28.5. The fraction of sp³-hybridized carbons (Fsp3) is 0.407. The molecule has 2 aromatic heterocycles. The normalized spacial score (nSPS) is 17.4. The number of rotatable bonds is 15. The quantitative estimate of drug-likeness (QED) is 0.0407. The number of thiazole rings is 1. The van der Waals surface area contributed by atoms with Crippen LogP contribution < -0.4 is 26.2 Å². The van der Waals surface area contributed by atoms with Crippen molar-refractivity contribution in [1.82, 2.24) is 20.0 Å². The molecule has 48 heavy (non-hydrogen) atoms. The number of carboxylic acid groups (broad SMARTS) is 1. The fourth-order valence-corrected chi connectivity index (χ4v) is 5.87. The molecule has 1 saturated heterocycles. The number of benzene rings is 1. The van der Waals surface area contributed by atoms with Crippen molar-refractivity contribution in [2.75, 3.05) is 18.9 Å². The largest absolute Gasteiger partial charge is 0.724 e. The van der Waals surface area contributed by atoms with Crippen molar-refractivity contribution in [3.8, 4) is 16.9 Å². The van der Waals surface area contributed by atoms with Gasteiger partial charge < -0.3 is 36.0 Å². The number of ether oxygens (including phenoxy) is 1. The zero-order chi connectivity index (χ0) is 35.6. The molecule has 18 nitrogen and oxygen atoms in total. The van der Waals surface area contributed by atoms with Gasteiger partial charge in [-0.25, -0.2) is 18.2 Å². The molecule has 21 heteroatoms. The second-order valence-electron chi connectivity index (χ2n) is 11.3. The number of oxime groups is 1. The Bertz CT molecular complexity index is 1840. The van der Waals surface area contributed by atoms with Crippen LogP contribution in [0.25, 0.3) is 11.1 Å². The summed E-state index contributed by atoms with van der Waals surface area (Å²) in [5.41, 5.74) is 8.57. The predicted molar refractivity (Wildman–Crippen MR) is 169 cm³/mol. The molecular formula is C27H33ClN8O10S2. The number of aliphatic carboxylic acids is 1. The van der Waals surface area contributed by atoms with E-state index in [2.05, 4.69) is 19.7 Å². The van der Waals surface area contributed by atoms with Gasteiger partial charge >= 0.3 is 5.97 Å². The van der Waals surface area contributed by atoms with E-state index in [1.165, 1.54) is 13.8 Å². The molecule has 1 aliphatic heterocycles. The van der Waals surface area contributed by atoms with Crippen LogP contribution in [0.2, 0.25) is 4.34 Å². The molecule has 3 aromatic rings. The van der Waals surface area contributed by atoms with Gasteiger partial charge in [-0.15, -0.1) is 4.68 Å². The Morgan fingerprint density at radius 1 is 1.29 bits per heavy atom. The van der Waals surface area contributed by atoms with Gasteiger partial charge in [-0.3, -0.25) is 9.59 Å². The lowest BCUT2D eigenvalue weighted by Crippen LogP contribution is -2.76. The molecule has 2 amide bonds. The lowest BCUT2D eigenvalue weighted by Gasteiger charge is -2.51. The summed E-state index contributed by atoms with van der Waals surface area (Å²) in [6, 6.07) is 5.49. The van der Waals surface area contributed by atoms with E-state index in [1.807, 2.05) is 28.8 Å². The van der Waals surface area contributed by atoms with Gasteiger partial charge in [0.25, 0.3) is 17.4 Å². The standard InChI is InChI=1S/C27H33ClN8O10S2/c1-26(2)20(23(38)36(26)46-48(41,42)43)32-22(37)19(18-21(28)47-25(30)31-18)33-45-27(3,24(39)40)14-44-17-8-6-15(7-9-17)16-12-34(4)35(13-16)11-5-10-29/h6-9,12-13,20H,5,10-11,14,29H2,1-4H3,(H4-,30,31,32,37,39,40,41,42,43)/b33-19-. The summed E-state index contributed by atoms with van der Waals surface area (Å²) in [7, 11) is -3.38. The van der Waals surface area contributed by atoms with Crippen molar-refractivity contribution in [2.24, 2.45) is 17.9 Å². The number of halogens is 1. The number of carbonyl (C=O) groups is 3. The number of aromatic nitrogens is 3. The number of nitrogens with one attached hydrogen (secondary N) is 1. The highest BCUT2D eigenvalue weighted by molar-refractivity contribution is 7.80. The van der Waals surface area contributed by atoms with Crippen LogP contribution >= 0.6 is 22.9 Å². The summed E-state index contributed by atoms with van der Waals surface area (Å²) in [5.74, 6) is -3.37. The third kappa shape index (κ3) is 8.02. The first-order valence-corrected chi connectivity index (χ1v) is 16.6. The molecule has 0 saturated carbocycles. The SMILES string of the molecule is C[n+]1cc(-c2ccc(OCC(C)(O/N=C(\C(=O)NC3C(=O)N(OS(=O)(=O)[O-])C3(C)C)c3nc(N)sc3Cl)C(=O)O)cc2)cn1CCCN. The second kappa shape index (κ2) is 14.0. The van der Waals surface area contributed by atoms with Gasteiger partial charge in [-0.05, 0) is 51.4 Å². The summed E-state index contributed by atoms with van der Waals surface area (Å²) in [6.45, 7) is 4.55. The van der Waals surface area contributed by atoms with Gasteiger partial charge in [0.2, 0.25) is 16.6 Å². The number of hydrogen-bond donors (Lipinski definition) is 4. The molecule has 260 valence electrons. The molecule has 3 heterocycles. The van der Waals surface area contributed by atoms with Crippen molar-refractivity contribution < 1.29 is 51.0 Å². The van der Waals surface area contributed by atoms with E-state index in [-0.39, 0.29) is 15.2 Å². The van der Waals surface area contributed by atoms with Gasteiger partial charge in [0.05, 0.1) is 23.8 Å². The third-order valence-electron chi connectivity index (χ3n) is 7.26. The van der Waals surface area contributed by atoms with Crippen molar-refractivity contribution in [1.29, 1.82) is 0 Å². The number of carbonyl (C=O) groups excluding carboxylic acids is 2. The first-order chi connectivity index (χ1) is 22.4. The van der Waals surface area contributed by atoms with Crippen LogP contribution in [0.1, 0.15) is 32.9 Å². The first kappa shape index (κ1) is 36.5. The molecule has 1 aromatic carbocycles. The number of nitrogens with two attached hydrogens (primary N) is 2. The number of β-lactam (4-membered cyclic amide) rings is 1. The van der Waals surface area contributed by atoms with E-state index in [0.29, 0.717) is 17.4 Å². The molecule has 4 rings (SSSR count). The first-order valence-electron chi connectivity index (χ1n) is 14.1. The minimum Gasteiger partial charge on any atom is -0.724 e. The molecule has 0 aliphatic carbocycles. The van der Waals surface area contributed by atoms with Crippen molar-refractivity contribution in [3.63, 3.8) is 0 Å². The van der Waals surface area contributed by atoms with Gasteiger partial charge in [0.1, 0.15) is 28.4 Å². The lowest BCUT2D eigenvalue weighted by atomic mass is 9.84. The highest BCUT2D eigenvalue weighted by Crippen LogP contribution is 2.33. The molecule has 2 atom stereocenters. The number of aryl methyl sites for hydroxylation is 2. The van der Waals surface area contributed by atoms with Gasteiger partial charge in [-0.1, -0.05) is 40.2 Å². The molecule has 1 aliphatic rings. The number of carboxylic acids is 1. The zero-order valence-electron chi connectivity index (χ0n) is 26.1. The van der Waals surface area contributed by atoms with E-state index in [1.54, 1.807) is 24.3 Å². The van der Waals surface area contributed by atoms with Gasteiger partial charge in [0.15, 0.2) is 17.9 Å². The smallest absolute Gasteiger partial charge is 0.354 e. The summed E-state index contributed by atoms with van der Waals surface area (Å²) in [4.78, 5) is 47.6. The Hall–Kier alpha value is -4.34. The van der Waals surface area contributed by atoms with Gasteiger partial charge in [-0.2, -0.15) is 14.0 Å². The van der Waals surface area contributed by atoms with Crippen LogP contribution in [0.15, 0.2) is 41.8 Å². The molecule has 2 unspecified atom stereocenters. The minimum absolute atomic E-state index is 0.0653. The van der Waals surface area contributed by atoms with Crippen LogP contribution in [-0.2, 0) is 47.5 Å². The van der Waals surface area contributed by atoms with Crippen LogP contribution in [0, 0.1) is 0 Å². The van der Waals surface area contributed by atoms with Crippen LogP contribution in [0.3, 0.4) is 0 Å². The van der Waals surface area contributed by atoms with Gasteiger partial charge in [0, 0.05) is 0 Å². The fourth-order valence-electron chi connectivity index (χ4n) is 4.50. The summed E-state index contributed by atoms with van der Waals surface area (Å²) in [6.07, 6.45) is 4.76. The molecule has 6 N–H and O–H groups in total. The number of amides is 2. The molecular weight excluding hydrogens is 696 g/mol. The molecule has 0 radical (unpaired) electrons. The minimum atomic E-state index is -5.29. The Balaban J connectivity index is 1.51. The average molecular weight is 729 g/mol. The molecule has 0 spiro atoms. The average Bonchev–Trinajstić information content (AvgIpc) is 3.55. The number of anilines is 1. The number of hydrogen-bond acceptors (Lipinski definition) is 14.